The van der Waals surface area contributed by atoms with Gasteiger partial charge in [-0.15, -0.1) is 0 Å². The SMILES string of the molecule is Nc1ccccc1NC(=O)c1ccc(CSCC2COc3ccccc3O2)cc1. The Balaban J connectivity index is 1.27. The van der Waals surface area contributed by atoms with Crippen LogP contribution < -0.4 is 20.5 Å². The highest BCUT2D eigenvalue weighted by Crippen LogP contribution is 2.32. The van der Waals surface area contributed by atoms with E-state index in [1.165, 1.54) is 0 Å². The van der Waals surface area contributed by atoms with E-state index in [2.05, 4.69) is 5.32 Å². The number of carbonyl (C=O) groups excluding carboxylic acids is 1. The van der Waals surface area contributed by atoms with Gasteiger partial charge in [-0.05, 0) is 42.0 Å². The molecule has 1 amide bonds. The first-order valence-corrected chi connectivity index (χ1v) is 10.6. The van der Waals surface area contributed by atoms with E-state index in [1.54, 1.807) is 23.9 Å². The minimum Gasteiger partial charge on any atom is -0.486 e. The molecule has 1 atom stereocenters. The normalized spacial score (nSPS) is 15.0. The molecular formula is C23H22N2O3S. The molecule has 0 saturated heterocycles. The third kappa shape index (κ3) is 4.84. The van der Waals surface area contributed by atoms with Gasteiger partial charge in [-0.1, -0.05) is 36.4 Å². The van der Waals surface area contributed by atoms with E-state index >= 15 is 0 Å². The van der Waals surface area contributed by atoms with Crippen LogP contribution in [0.2, 0.25) is 0 Å². The summed E-state index contributed by atoms with van der Waals surface area (Å²) in [5.74, 6) is 3.12. The summed E-state index contributed by atoms with van der Waals surface area (Å²) in [5.41, 5.74) is 8.80. The molecule has 3 aromatic rings. The van der Waals surface area contributed by atoms with Gasteiger partial charge in [-0.2, -0.15) is 11.8 Å². The van der Waals surface area contributed by atoms with Crippen molar-refractivity contribution in [3.8, 4) is 11.5 Å². The molecule has 3 N–H and O–H groups in total. The number of hydrogen-bond acceptors (Lipinski definition) is 5. The van der Waals surface area contributed by atoms with Crippen LogP contribution in [0.15, 0.2) is 72.8 Å². The van der Waals surface area contributed by atoms with Crippen molar-refractivity contribution < 1.29 is 14.3 Å². The maximum absolute atomic E-state index is 12.4. The average Bonchev–Trinajstić information content (AvgIpc) is 2.76. The van der Waals surface area contributed by atoms with Gasteiger partial charge in [0.1, 0.15) is 12.7 Å². The van der Waals surface area contributed by atoms with E-state index in [4.69, 9.17) is 15.2 Å². The summed E-state index contributed by atoms with van der Waals surface area (Å²) in [4.78, 5) is 12.4. The van der Waals surface area contributed by atoms with Crippen molar-refractivity contribution in [2.45, 2.75) is 11.9 Å². The Kier molecular flexibility index (Phi) is 5.91. The minimum atomic E-state index is -0.173. The Bertz CT molecular complexity index is 991. The standard InChI is InChI=1S/C23H22N2O3S/c24-19-5-1-2-6-20(19)25-23(26)17-11-9-16(10-12-17)14-29-15-18-13-27-21-7-3-4-8-22(21)28-18/h1-12,18H,13-15,24H2,(H,25,26). The third-order valence-electron chi connectivity index (χ3n) is 4.57. The highest BCUT2D eigenvalue weighted by atomic mass is 32.2. The Hall–Kier alpha value is -3.12. The highest BCUT2D eigenvalue weighted by Gasteiger charge is 2.20. The van der Waals surface area contributed by atoms with Crippen molar-refractivity contribution in [3.05, 3.63) is 83.9 Å². The first-order chi connectivity index (χ1) is 14.2. The van der Waals surface area contributed by atoms with Crippen LogP contribution in [0, 0.1) is 0 Å². The summed E-state index contributed by atoms with van der Waals surface area (Å²) >= 11 is 1.78. The van der Waals surface area contributed by atoms with Crippen molar-refractivity contribution in [2.24, 2.45) is 0 Å². The van der Waals surface area contributed by atoms with Gasteiger partial charge >= 0.3 is 0 Å². The molecule has 1 heterocycles. The monoisotopic (exact) mass is 406 g/mol. The largest absolute Gasteiger partial charge is 0.486 e. The van der Waals surface area contributed by atoms with Gasteiger partial charge in [-0.3, -0.25) is 4.79 Å². The number of fused-ring (bicyclic) bond motifs is 1. The quantitative estimate of drug-likeness (QED) is 0.586. The lowest BCUT2D eigenvalue weighted by molar-refractivity contribution is 0.102. The summed E-state index contributed by atoms with van der Waals surface area (Å²) < 4.78 is 11.7. The summed E-state index contributed by atoms with van der Waals surface area (Å²) in [7, 11) is 0. The first-order valence-electron chi connectivity index (χ1n) is 9.40. The maximum atomic E-state index is 12.4. The van der Waals surface area contributed by atoms with Gasteiger partial charge in [0, 0.05) is 17.1 Å². The van der Waals surface area contributed by atoms with Gasteiger partial charge in [0.25, 0.3) is 5.91 Å². The fraction of sp³-hybridized carbons (Fsp3) is 0.174. The number of nitrogens with one attached hydrogen (secondary N) is 1. The Morgan fingerprint density at radius 2 is 1.72 bits per heavy atom. The fourth-order valence-corrected chi connectivity index (χ4v) is 3.98. The zero-order valence-corrected chi connectivity index (χ0v) is 16.7. The van der Waals surface area contributed by atoms with E-state index in [9.17, 15) is 4.79 Å². The highest BCUT2D eigenvalue weighted by molar-refractivity contribution is 7.98. The number of nitrogen functional groups attached to an aromatic ring is 1. The van der Waals surface area contributed by atoms with Gasteiger partial charge in [0.05, 0.1) is 11.4 Å². The van der Waals surface area contributed by atoms with Crippen LogP contribution in [0.5, 0.6) is 11.5 Å². The molecule has 1 aliphatic heterocycles. The van der Waals surface area contributed by atoms with Crippen LogP contribution in [0.25, 0.3) is 0 Å². The van der Waals surface area contributed by atoms with Crippen LogP contribution in [0.4, 0.5) is 11.4 Å². The number of amides is 1. The lowest BCUT2D eigenvalue weighted by Gasteiger charge is -2.26. The van der Waals surface area contributed by atoms with Crippen molar-refractivity contribution >= 4 is 29.0 Å². The van der Waals surface area contributed by atoms with E-state index in [-0.39, 0.29) is 12.0 Å². The van der Waals surface area contributed by atoms with Crippen LogP contribution >= 0.6 is 11.8 Å². The number of thioether (sulfide) groups is 1. The second kappa shape index (κ2) is 8.92. The van der Waals surface area contributed by atoms with Gasteiger partial charge < -0.3 is 20.5 Å². The van der Waals surface area contributed by atoms with Crippen LogP contribution in [-0.2, 0) is 5.75 Å². The smallest absolute Gasteiger partial charge is 0.255 e. The summed E-state index contributed by atoms with van der Waals surface area (Å²) in [6.45, 7) is 0.561. The predicted octanol–water partition coefficient (Wildman–Crippen LogP) is 4.59. The molecule has 0 aromatic heterocycles. The van der Waals surface area contributed by atoms with Gasteiger partial charge in [0.15, 0.2) is 11.5 Å². The topological polar surface area (TPSA) is 73.6 Å². The molecule has 0 radical (unpaired) electrons. The molecule has 0 bridgehead atoms. The number of hydrogen-bond donors (Lipinski definition) is 2. The molecule has 0 fully saturated rings. The number of benzene rings is 3. The Labute approximate surface area is 174 Å². The summed E-state index contributed by atoms with van der Waals surface area (Å²) in [6, 6.07) is 22.6. The van der Waals surface area contributed by atoms with Gasteiger partial charge in [0.2, 0.25) is 0 Å². The average molecular weight is 407 g/mol. The van der Waals surface area contributed by atoms with Crippen molar-refractivity contribution in [3.63, 3.8) is 0 Å². The molecular weight excluding hydrogens is 384 g/mol. The second-order valence-corrected chi connectivity index (χ2v) is 7.78. The molecule has 5 nitrogen and oxygen atoms in total. The first kappa shape index (κ1) is 19.2. The Morgan fingerprint density at radius 1 is 1.00 bits per heavy atom. The molecule has 0 saturated carbocycles. The van der Waals surface area contributed by atoms with Crippen LogP contribution in [0.1, 0.15) is 15.9 Å². The lowest BCUT2D eigenvalue weighted by Crippen LogP contribution is -2.31. The summed E-state index contributed by atoms with van der Waals surface area (Å²) in [5, 5.41) is 2.84. The molecule has 4 rings (SSSR count). The number of para-hydroxylation sites is 4. The number of carbonyl (C=O) groups is 1. The number of nitrogens with two attached hydrogens (primary N) is 1. The Morgan fingerprint density at radius 3 is 2.52 bits per heavy atom. The van der Waals surface area contributed by atoms with E-state index < -0.39 is 0 Å². The van der Waals surface area contributed by atoms with E-state index in [0.29, 0.717) is 23.5 Å². The van der Waals surface area contributed by atoms with Gasteiger partial charge in [-0.25, -0.2) is 0 Å². The minimum absolute atomic E-state index is 0.0382. The summed E-state index contributed by atoms with van der Waals surface area (Å²) in [6.07, 6.45) is 0.0382. The molecule has 1 aliphatic rings. The second-order valence-electron chi connectivity index (χ2n) is 6.75. The van der Waals surface area contributed by atoms with E-state index in [1.807, 2.05) is 60.7 Å². The zero-order valence-electron chi connectivity index (χ0n) is 15.8. The third-order valence-corrected chi connectivity index (χ3v) is 5.71. The van der Waals surface area contributed by atoms with Crippen molar-refractivity contribution in [1.82, 2.24) is 0 Å². The maximum Gasteiger partial charge on any atom is 0.255 e. The number of rotatable bonds is 6. The van der Waals surface area contributed by atoms with Crippen LogP contribution in [0.3, 0.4) is 0 Å². The molecule has 6 heteroatoms. The molecule has 1 unspecified atom stereocenters. The molecule has 29 heavy (non-hydrogen) atoms. The molecule has 0 aliphatic carbocycles. The fourth-order valence-electron chi connectivity index (χ4n) is 3.01. The number of anilines is 2. The molecule has 148 valence electrons. The molecule has 3 aromatic carbocycles. The zero-order chi connectivity index (χ0) is 20.1. The van der Waals surface area contributed by atoms with Crippen molar-refractivity contribution in [1.29, 1.82) is 0 Å². The predicted molar refractivity (Wildman–Crippen MR) is 118 cm³/mol. The lowest BCUT2D eigenvalue weighted by atomic mass is 10.1. The van der Waals surface area contributed by atoms with E-state index in [0.717, 1.165) is 28.6 Å². The molecule has 0 spiro atoms. The number of ether oxygens (including phenoxy) is 2. The van der Waals surface area contributed by atoms with Crippen molar-refractivity contribution in [2.75, 3.05) is 23.4 Å². The van der Waals surface area contributed by atoms with Crippen LogP contribution in [-0.4, -0.2) is 24.4 Å².